The number of rotatable bonds is 4. The molecule has 0 amide bonds. The Labute approximate surface area is 158 Å². The molecule has 4 rings (SSSR count). The Hall–Kier alpha value is -3.70. The molecule has 0 radical (unpaired) electrons. The standard InChI is InChI=1S/C17H11F4N5O3/c1-9-22-15(29-24-9)8-26-16(27)25-7-11(3-5-14(25)23-26)10-2-4-13(12(18)6-10)28-17(19,20)21/h2-7H,8H2,1H3. The molecule has 0 unspecified atom stereocenters. The molecule has 0 N–H and O–H groups in total. The minimum Gasteiger partial charge on any atom is -0.403 e. The maximum absolute atomic E-state index is 14.0. The van der Waals surface area contributed by atoms with Crippen LogP contribution in [0.4, 0.5) is 17.6 Å². The molecule has 1 aromatic carbocycles. The van der Waals surface area contributed by atoms with Crippen LogP contribution in [-0.4, -0.2) is 30.7 Å². The summed E-state index contributed by atoms with van der Waals surface area (Å²) in [6, 6.07) is 6.08. The van der Waals surface area contributed by atoms with Crippen LogP contribution >= 0.6 is 0 Å². The topological polar surface area (TPSA) is 87.5 Å². The number of halogens is 4. The molecule has 0 aliphatic heterocycles. The van der Waals surface area contributed by atoms with Crippen molar-refractivity contribution in [2.75, 3.05) is 0 Å². The molecule has 0 saturated heterocycles. The van der Waals surface area contributed by atoms with Gasteiger partial charge in [-0.05, 0) is 42.3 Å². The van der Waals surface area contributed by atoms with Gasteiger partial charge in [0.1, 0.15) is 6.54 Å². The molecule has 3 aromatic heterocycles. The molecule has 3 heterocycles. The minimum absolute atomic E-state index is 0.0329. The van der Waals surface area contributed by atoms with Gasteiger partial charge >= 0.3 is 12.1 Å². The maximum atomic E-state index is 14.0. The third-order valence-electron chi connectivity index (χ3n) is 3.92. The zero-order chi connectivity index (χ0) is 20.8. The second-order valence-electron chi connectivity index (χ2n) is 6.01. The number of ether oxygens (including phenoxy) is 1. The quantitative estimate of drug-likeness (QED) is 0.482. The van der Waals surface area contributed by atoms with Gasteiger partial charge in [0.2, 0.25) is 5.89 Å². The summed E-state index contributed by atoms with van der Waals surface area (Å²) in [5, 5.41) is 7.78. The van der Waals surface area contributed by atoms with Gasteiger partial charge in [0.15, 0.2) is 23.0 Å². The summed E-state index contributed by atoms with van der Waals surface area (Å²) in [6.07, 6.45) is -3.60. The van der Waals surface area contributed by atoms with E-state index < -0.39 is 23.6 Å². The zero-order valence-electron chi connectivity index (χ0n) is 14.6. The van der Waals surface area contributed by atoms with E-state index in [1.165, 1.54) is 22.7 Å². The Morgan fingerprint density at radius 1 is 1.17 bits per heavy atom. The molecule has 150 valence electrons. The number of hydrogen-bond acceptors (Lipinski definition) is 6. The van der Waals surface area contributed by atoms with E-state index >= 15 is 0 Å². The van der Waals surface area contributed by atoms with Gasteiger partial charge in [0.25, 0.3) is 0 Å². The van der Waals surface area contributed by atoms with E-state index in [0.29, 0.717) is 17.0 Å². The number of pyridine rings is 1. The highest BCUT2D eigenvalue weighted by Crippen LogP contribution is 2.29. The van der Waals surface area contributed by atoms with E-state index in [1.54, 1.807) is 13.0 Å². The SMILES string of the molecule is Cc1noc(Cn2nc3ccc(-c4ccc(OC(F)(F)F)c(F)c4)cn3c2=O)n1. The predicted octanol–water partition coefficient (Wildman–Crippen LogP) is 2.94. The van der Waals surface area contributed by atoms with Crippen molar-refractivity contribution < 1.29 is 26.8 Å². The van der Waals surface area contributed by atoms with Crippen molar-refractivity contribution in [3.63, 3.8) is 0 Å². The van der Waals surface area contributed by atoms with Crippen molar-refractivity contribution in [3.8, 4) is 16.9 Å². The van der Waals surface area contributed by atoms with Gasteiger partial charge in [0.05, 0.1) is 0 Å². The molecule has 0 saturated carbocycles. The summed E-state index contributed by atoms with van der Waals surface area (Å²) in [5.74, 6) is -1.51. The highest BCUT2D eigenvalue weighted by molar-refractivity contribution is 5.65. The molecule has 0 aliphatic rings. The molecule has 8 nitrogen and oxygen atoms in total. The highest BCUT2D eigenvalue weighted by Gasteiger charge is 2.32. The summed E-state index contributed by atoms with van der Waals surface area (Å²) in [5.41, 5.74) is 0.457. The van der Waals surface area contributed by atoms with Gasteiger partial charge < -0.3 is 9.26 Å². The molecule has 0 aliphatic carbocycles. The normalized spacial score (nSPS) is 11.9. The van der Waals surface area contributed by atoms with Crippen molar-refractivity contribution >= 4 is 5.65 Å². The van der Waals surface area contributed by atoms with E-state index in [1.807, 2.05) is 0 Å². The van der Waals surface area contributed by atoms with E-state index in [2.05, 4.69) is 20.0 Å². The molecule has 0 atom stereocenters. The molecule has 29 heavy (non-hydrogen) atoms. The molecule has 0 bridgehead atoms. The largest absolute Gasteiger partial charge is 0.573 e. The number of nitrogens with zero attached hydrogens (tertiary/aromatic N) is 5. The van der Waals surface area contributed by atoms with Gasteiger partial charge in [-0.1, -0.05) is 11.2 Å². The van der Waals surface area contributed by atoms with Crippen LogP contribution in [0.2, 0.25) is 0 Å². The number of alkyl halides is 3. The lowest BCUT2D eigenvalue weighted by molar-refractivity contribution is -0.275. The Kier molecular flexibility index (Phi) is 4.32. The molecule has 0 fully saturated rings. The third-order valence-corrected chi connectivity index (χ3v) is 3.92. The van der Waals surface area contributed by atoms with Crippen molar-refractivity contribution in [2.45, 2.75) is 19.8 Å². The summed E-state index contributed by atoms with van der Waals surface area (Å²) >= 11 is 0. The summed E-state index contributed by atoms with van der Waals surface area (Å²) in [6.45, 7) is 1.60. The van der Waals surface area contributed by atoms with Crippen LogP contribution in [0.25, 0.3) is 16.8 Å². The van der Waals surface area contributed by atoms with Crippen LogP contribution in [0, 0.1) is 12.7 Å². The maximum Gasteiger partial charge on any atom is 0.573 e. The van der Waals surface area contributed by atoms with Crippen LogP contribution < -0.4 is 10.4 Å². The first-order valence-electron chi connectivity index (χ1n) is 8.14. The number of aryl methyl sites for hydroxylation is 1. The van der Waals surface area contributed by atoms with Crippen molar-refractivity contribution in [1.82, 2.24) is 24.3 Å². The van der Waals surface area contributed by atoms with Crippen LogP contribution in [0.1, 0.15) is 11.7 Å². The average Bonchev–Trinajstić information content (AvgIpc) is 3.19. The van der Waals surface area contributed by atoms with Crippen LogP contribution in [0.15, 0.2) is 45.8 Å². The van der Waals surface area contributed by atoms with Crippen LogP contribution in [0.3, 0.4) is 0 Å². The van der Waals surface area contributed by atoms with Crippen molar-refractivity contribution in [3.05, 3.63) is 64.5 Å². The number of hydrogen-bond donors (Lipinski definition) is 0. The first-order valence-corrected chi connectivity index (χ1v) is 8.14. The van der Waals surface area contributed by atoms with Gasteiger partial charge in [-0.15, -0.1) is 18.3 Å². The first kappa shape index (κ1) is 18.7. The van der Waals surface area contributed by atoms with E-state index in [0.717, 1.165) is 16.8 Å². The minimum atomic E-state index is -5.00. The van der Waals surface area contributed by atoms with E-state index in [4.69, 9.17) is 4.52 Å². The Bertz CT molecular complexity index is 1260. The van der Waals surface area contributed by atoms with Gasteiger partial charge in [-0.25, -0.2) is 18.3 Å². The smallest absolute Gasteiger partial charge is 0.403 e. The van der Waals surface area contributed by atoms with Crippen LogP contribution in [-0.2, 0) is 6.54 Å². The molecule has 0 spiro atoms. The Balaban J connectivity index is 1.68. The lowest BCUT2D eigenvalue weighted by atomic mass is 10.1. The number of aromatic nitrogens is 5. The molecule has 12 heteroatoms. The molecular weight excluding hydrogens is 398 g/mol. The lowest BCUT2D eigenvalue weighted by Gasteiger charge is -2.10. The van der Waals surface area contributed by atoms with Crippen molar-refractivity contribution in [1.29, 1.82) is 0 Å². The third kappa shape index (κ3) is 3.81. The zero-order valence-corrected chi connectivity index (χ0v) is 14.6. The summed E-state index contributed by atoms with van der Waals surface area (Å²) in [7, 11) is 0. The second kappa shape index (κ2) is 6.72. The number of benzene rings is 1. The number of fused-ring (bicyclic) bond motifs is 1. The fourth-order valence-corrected chi connectivity index (χ4v) is 2.71. The predicted molar refractivity (Wildman–Crippen MR) is 89.7 cm³/mol. The summed E-state index contributed by atoms with van der Waals surface area (Å²) < 4.78 is 61.7. The first-order chi connectivity index (χ1) is 13.7. The fourth-order valence-electron chi connectivity index (χ4n) is 2.71. The fraction of sp³-hybridized carbons (Fsp3) is 0.176. The van der Waals surface area contributed by atoms with Gasteiger partial charge in [-0.3, -0.25) is 0 Å². The molecule has 4 aromatic rings. The van der Waals surface area contributed by atoms with E-state index in [9.17, 15) is 22.4 Å². The van der Waals surface area contributed by atoms with Gasteiger partial charge in [-0.2, -0.15) is 4.98 Å². The van der Waals surface area contributed by atoms with Crippen molar-refractivity contribution in [2.24, 2.45) is 0 Å². The van der Waals surface area contributed by atoms with Crippen LogP contribution in [0.5, 0.6) is 5.75 Å². The van der Waals surface area contributed by atoms with E-state index in [-0.39, 0.29) is 18.0 Å². The second-order valence-corrected chi connectivity index (χ2v) is 6.01. The monoisotopic (exact) mass is 409 g/mol. The van der Waals surface area contributed by atoms with Gasteiger partial charge in [0, 0.05) is 6.20 Å². The summed E-state index contributed by atoms with van der Waals surface area (Å²) in [4.78, 5) is 16.6. The lowest BCUT2D eigenvalue weighted by Crippen LogP contribution is -2.21. The molecular formula is C17H11F4N5O3. The Morgan fingerprint density at radius 2 is 1.93 bits per heavy atom. The average molecular weight is 409 g/mol. The Morgan fingerprint density at radius 3 is 2.59 bits per heavy atom. The highest BCUT2D eigenvalue weighted by atomic mass is 19.4.